The SMILES string of the molecule is Cc1[nH]nc2ccc(NCCc3c[nH]c4ccccc34)n[n+]12. The van der Waals surface area contributed by atoms with E-state index in [1.807, 2.05) is 25.1 Å². The molecule has 4 aromatic rings. The highest BCUT2D eigenvalue weighted by atomic mass is 15.4. The maximum Gasteiger partial charge on any atom is 0.325 e. The lowest BCUT2D eigenvalue weighted by atomic mass is 10.1. The lowest BCUT2D eigenvalue weighted by Gasteiger charge is -2.03. The Bertz CT molecular complexity index is 936. The van der Waals surface area contributed by atoms with Crippen molar-refractivity contribution in [3.8, 4) is 0 Å². The van der Waals surface area contributed by atoms with Gasteiger partial charge in [-0.25, -0.2) is 0 Å². The fourth-order valence-corrected chi connectivity index (χ4v) is 2.69. The van der Waals surface area contributed by atoms with Crippen molar-refractivity contribution in [3.05, 3.63) is 54.0 Å². The molecule has 0 atom stereocenters. The lowest BCUT2D eigenvalue weighted by Crippen LogP contribution is -2.29. The van der Waals surface area contributed by atoms with Crippen molar-refractivity contribution in [2.75, 3.05) is 11.9 Å². The molecule has 6 heteroatoms. The Morgan fingerprint density at radius 1 is 1.18 bits per heavy atom. The molecule has 0 unspecified atom stereocenters. The number of benzene rings is 1. The van der Waals surface area contributed by atoms with Crippen LogP contribution in [0.15, 0.2) is 42.6 Å². The molecule has 4 rings (SSSR count). The van der Waals surface area contributed by atoms with Crippen molar-refractivity contribution in [3.63, 3.8) is 0 Å². The molecule has 0 bridgehead atoms. The molecule has 0 aliphatic carbocycles. The van der Waals surface area contributed by atoms with Gasteiger partial charge in [-0.2, -0.15) is 0 Å². The normalized spacial score (nSPS) is 11.3. The smallest absolute Gasteiger partial charge is 0.325 e. The maximum atomic E-state index is 4.52. The van der Waals surface area contributed by atoms with Crippen molar-refractivity contribution in [1.82, 2.24) is 20.3 Å². The fraction of sp³-hybridized carbons (Fsp3) is 0.188. The number of rotatable bonds is 4. The summed E-state index contributed by atoms with van der Waals surface area (Å²) in [5, 5.41) is 16.3. The van der Waals surface area contributed by atoms with Crippen LogP contribution in [0, 0.1) is 6.92 Å². The van der Waals surface area contributed by atoms with Gasteiger partial charge >= 0.3 is 5.65 Å². The van der Waals surface area contributed by atoms with Gasteiger partial charge in [0.15, 0.2) is 5.82 Å². The van der Waals surface area contributed by atoms with Gasteiger partial charge in [-0.15, -0.1) is 5.10 Å². The summed E-state index contributed by atoms with van der Waals surface area (Å²) in [5.41, 5.74) is 3.32. The molecule has 0 spiro atoms. The molecule has 0 saturated carbocycles. The topological polar surface area (TPSA) is 73.5 Å². The van der Waals surface area contributed by atoms with Crippen LogP contribution in [0.2, 0.25) is 0 Å². The number of aryl methyl sites for hydroxylation is 1. The predicted octanol–water partition coefficient (Wildman–Crippen LogP) is 1.99. The van der Waals surface area contributed by atoms with Crippen LogP contribution in [0.3, 0.4) is 0 Å². The summed E-state index contributed by atoms with van der Waals surface area (Å²) in [6.45, 7) is 2.78. The molecule has 22 heavy (non-hydrogen) atoms. The van der Waals surface area contributed by atoms with Gasteiger partial charge in [0.1, 0.15) is 0 Å². The molecule has 0 aliphatic heterocycles. The van der Waals surface area contributed by atoms with Crippen LogP contribution >= 0.6 is 0 Å². The van der Waals surface area contributed by atoms with E-state index in [1.54, 1.807) is 4.52 Å². The highest BCUT2D eigenvalue weighted by Crippen LogP contribution is 2.18. The summed E-state index contributed by atoms with van der Waals surface area (Å²) >= 11 is 0. The van der Waals surface area contributed by atoms with E-state index < -0.39 is 0 Å². The van der Waals surface area contributed by atoms with Gasteiger partial charge in [0.25, 0.3) is 5.82 Å². The average molecular weight is 293 g/mol. The van der Waals surface area contributed by atoms with Crippen LogP contribution in [0.1, 0.15) is 11.4 Å². The van der Waals surface area contributed by atoms with E-state index in [4.69, 9.17) is 0 Å². The second-order valence-corrected chi connectivity index (χ2v) is 5.33. The fourth-order valence-electron chi connectivity index (χ4n) is 2.69. The number of nitrogens with one attached hydrogen (secondary N) is 3. The summed E-state index contributed by atoms with van der Waals surface area (Å²) in [4.78, 5) is 3.31. The largest absolute Gasteiger partial charge is 0.367 e. The van der Waals surface area contributed by atoms with Crippen molar-refractivity contribution < 1.29 is 4.52 Å². The van der Waals surface area contributed by atoms with Gasteiger partial charge < -0.3 is 10.3 Å². The Hall–Kier alpha value is -2.89. The quantitative estimate of drug-likeness (QED) is 0.504. The van der Waals surface area contributed by atoms with Crippen LogP contribution in [0.4, 0.5) is 5.82 Å². The minimum absolute atomic E-state index is 0.819. The average Bonchev–Trinajstić information content (AvgIpc) is 3.12. The van der Waals surface area contributed by atoms with Crippen LogP contribution in [-0.2, 0) is 6.42 Å². The molecule has 6 nitrogen and oxygen atoms in total. The molecule has 0 radical (unpaired) electrons. The summed E-state index contributed by atoms with van der Waals surface area (Å²) in [6, 6.07) is 12.3. The van der Waals surface area contributed by atoms with Gasteiger partial charge in [-0.3, -0.25) is 0 Å². The van der Waals surface area contributed by atoms with Gasteiger partial charge in [0.05, 0.1) is 0 Å². The highest BCUT2D eigenvalue weighted by Gasteiger charge is 2.10. The summed E-state index contributed by atoms with van der Waals surface area (Å²) in [5.74, 6) is 1.76. The zero-order valence-corrected chi connectivity index (χ0v) is 12.3. The van der Waals surface area contributed by atoms with E-state index in [9.17, 15) is 0 Å². The zero-order chi connectivity index (χ0) is 14.9. The van der Waals surface area contributed by atoms with E-state index in [2.05, 4.69) is 50.0 Å². The molecule has 3 heterocycles. The minimum Gasteiger partial charge on any atom is -0.367 e. The van der Waals surface area contributed by atoms with Crippen molar-refractivity contribution in [2.24, 2.45) is 0 Å². The minimum atomic E-state index is 0.819. The highest BCUT2D eigenvalue weighted by molar-refractivity contribution is 5.83. The molecule has 3 aromatic heterocycles. The summed E-state index contributed by atoms with van der Waals surface area (Å²) in [6.07, 6.45) is 3.02. The third-order valence-corrected chi connectivity index (χ3v) is 3.84. The number of H-pyrrole nitrogens is 2. The first-order valence-electron chi connectivity index (χ1n) is 7.34. The first kappa shape index (κ1) is 12.8. The Morgan fingerprint density at radius 2 is 2.09 bits per heavy atom. The van der Waals surface area contributed by atoms with Crippen molar-refractivity contribution >= 4 is 22.4 Å². The van der Waals surface area contributed by atoms with Crippen LogP contribution in [0.5, 0.6) is 0 Å². The van der Waals surface area contributed by atoms with Crippen LogP contribution < -0.4 is 9.83 Å². The maximum absolute atomic E-state index is 4.52. The molecular formula is C16H17N6+. The first-order chi connectivity index (χ1) is 10.8. The van der Waals surface area contributed by atoms with Crippen LogP contribution in [-0.4, -0.2) is 26.8 Å². The second kappa shape index (κ2) is 5.14. The third kappa shape index (κ3) is 2.18. The van der Waals surface area contributed by atoms with E-state index in [0.717, 1.165) is 30.3 Å². The van der Waals surface area contributed by atoms with Crippen molar-refractivity contribution in [1.29, 1.82) is 0 Å². The van der Waals surface area contributed by atoms with Crippen molar-refractivity contribution in [2.45, 2.75) is 13.3 Å². The van der Waals surface area contributed by atoms with Gasteiger partial charge in [0.2, 0.25) is 0 Å². The summed E-state index contributed by atoms with van der Waals surface area (Å²) < 4.78 is 1.80. The second-order valence-electron chi connectivity index (χ2n) is 5.33. The lowest BCUT2D eigenvalue weighted by molar-refractivity contribution is -0.586. The Kier molecular flexibility index (Phi) is 3.00. The molecule has 3 N–H and O–H groups in total. The molecule has 0 aliphatic rings. The Morgan fingerprint density at radius 3 is 3.05 bits per heavy atom. The number of nitrogens with zero attached hydrogens (tertiary/aromatic N) is 3. The van der Waals surface area contributed by atoms with E-state index >= 15 is 0 Å². The molecule has 0 amide bonds. The number of para-hydroxylation sites is 1. The Balaban J connectivity index is 1.48. The third-order valence-electron chi connectivity index (χ3n) is 3.84. The standard InChI is InChI=1S/C16H16N6/c1-11-19-20-16-7-6-15(21-22(11)16)17-9-8-12-10-18-14-5-3-2-4-13(12)14/h2-7,10,18H,8-9H2,1H3,(H,17,21)/p+1. The number of aromatic amines is 2. The number of hydrogen-bond donors (Lipinski definition) is 3. The molecule has 1 aromatic carbocycles. The Labute approximate surface area is 127 Å². The number of fused-ring (bicyclic) bond motifs is 2. The summed E-state index contributed by atoms with van der Waals surface area (Å²) in [7, 11) is 0. The number of hydrogen-bond acceptors (Lipinski definition) is 3. The predicted molar refractivity (Wildman–Crippen MR) is 84.8 cm³/mol. The zero-order valence-electron chi connectivity index (χ0n) is 12.3. The van der Waals surface area contributed by atoms with Gasteiger partial charge in [-0.1, -0.05) is 27.8 Å². The van der Waals surface area contributed by atoms with E-state index in [1.165, 1.54) is 16.5 Å². The van der Waals surface area contributed by atoms with E-state index in [0.29, 0.717) is 0 Å². The first-order valence-corrected chi connectivity index (χ1v) is 7.34. The number of anilines is 1. The van der Waals surface area contributed by atoms with Gasteiger partial charge in [-0.05, 0) is 24.1 Å². The monoisotopic (exact) mass is 293 g/mol. The van der Waals surface area contributed by atoms with Crippen LogP contribution in [0.25, 0.3) is 16.6 Å². The molecule has 0 saturated heterocycles. The molecular weight excluding hydrogens is 276 g/mol. The molecule has 110 valence electrons. The van der Waals surface area contributed by atoms with Gasteiger partial charge in [0, 0.05) is 41.7 Å². The van der Waals surface area contributed by atoms with E-state index in [-0.39, 0.29) is 0 Å². The number of aromatic nitrogens is 5. The molecule has 0 fully saturated rings.